The molecule has 0 bridgehead atoms. The highest BCUT2D eigenvalue weighted by atomic mass is 79.9. The Bertz CT molecular complexity index is 485. The summed E-state index contributed by atoms with van der Waals surface area (Å²) in [6.07, 6.45) is 0. The summed E-state index contributed by atoms with van der Waals surface area (Å²) < 4.78 is 0.718. The molecule has 19 heavy (non-hydrogen) atoms. The SMILES string of the molecule is CC(C)N(C/C(N)=N/O)C(=O)c1cc(Cl)cc(Br)c1. The number of hydrogen-bond acceptors (Lipinski definition) is 3. The van der Waals surface area contributed by atoms with E-state index in [2.05, 4.69) is 21.1 Å². The van der Waals surface area contributed by atoms with Crippen molar-refractivity contribution in [2.45, 2.75) is 19.9 Å². The number of benzene rings is 1. The summed E-state index contributed by atoms with van der Waals surface area (Å²) in [6, 6.07) is 4.86. The first kappa shape index (κ1) is 15.8. The molecule has 104 valence electrons. The van der Waals surface area contributed by atoms with Crippen LogP contribution in [0.3, 0.4) is 0 Å². The molecule has 0 radical (unpaired) electrons. The average Bonchev–Trinajstić information content (AvgIpc) is 2.33. The van der Waals surface area contributed by atoms with Gasteiger partial charge in [-0.2, -0.15) is 0 Å². The Kier molecular flexibility index (Phi) is 5.62. The summed E-state index contributed by atoms with van der Waals surface area (Å²) in [6.45, 7) is 3.75. The molecule has 0 spiro atoms. The molecule has 3 N–H and O–H groups in total. The minimum atomic E-state index is -0.232. The minimum absolute atomic E-state index is 0.0249. The standard InChI is InChI=1S/C12H15BrClN3O2/c1-7(2)17(6-11(15)16-19)12(18)8-3-9(13)5-10(14)4-8/h3-5,7,19H,6H2,1-2H3,(H2,15,16). The number of amidine groups is 1. The highest BCUT2D eigenvalue weighted by Crippen LogP contribution is 2.21. The van der Waals surface area contributed by atoms with Gasteiger partial charge in [-0.15, -0.1) is 0 Å². The van der Waals surface area contributed by atoms with Gasteiger partial charge in [-0.05, 0) is 32.0 Å². The maximum absolute atomic E-state index is 12.4. The molecular formula is C12H15BrClN3O2. The normalized spacial score (nSPS) is 11.7. The van der Waals surface area contributed by atoms with Crippen LogP contribution in [-0.2, 0) is 0 Å². The third-order valence-corrected chi connectivity index (χ3v) is 3.13. The van der Waals surface area contributed by atoms with Crippen LogP contribution in [0.25, 0.3) is 0 Å². The van der Waals surface area contributed by atoms with Gasteiger partial charge in [0, 0.05) is 21.1 Å². The summed E-state index contributed by atoms with van der Waals surface area (Å²) in [5.41, 5.74) is 5.90. The van der Waals surface area contributed by atoms with Gasteiger partial charge >= 0.3 is 0 Å². The molecule has 0 aromatic heterocycles. The van der Waals surface area contributed by atoms with Crippen molar-refractivity contribution in [2.24, 2.45) is 10.9 Å². The molecule has 0 saturated heterocycles. The van der Waals surface area contributed by atoms with Gasteiger partial charge in [0.1, 0.15) is 0 Å². The van der Waals surface area contributed by atoms with Crippen LogP contribution in [0, 0.1) is 0 Å². The highest BCUT2D eigenvalue weighted by Gasteiger charge is 2.20. The Hall–Kier alpha value is -1.27. The second-order valence-electron chi connectivity index (χ2n) is 4.28. The van der Waals surface area contributed by atoms with E-state index in [4.69, 9.17) is 22.5 Å². The van der Waals surface area contributed by atoms with Crippen LogP contribution >= 0.6 is 27.5 Å². The molecule has 0 atom stereocenters. The monoisotopic (exact) mass is 347 g/mol. The van der Waals surface area contributed by atoms with E-state index >= 15 is 0 Å². The molecular weight excluding hydrogens is 334 g/mol. The number of amides is 1. The first-order valence-corrected chi connectivity index (χ1v) is 6.75. The lowest BCUT2D eigenvalue weighted by Crippen LogP contribution is -2.42. The van der Waals surface area contributed by atoms with Crippen LogP contribution in [0.15, 0.2) is 27.8 Å². The Morgan fingerprint density at radius 3 is 2.63 bits per heavy atom. The van der Waals surface area contributed by atoms with Crippen LogP contribution in [0.2, 0.25) is 5.02 Å². The van der Waals surface area contributed by atoms with E-state index in [1.165, 1.54) is 4.90 Å². The zero-order valence-electron chi connectivity index (χ0n) is 10.6. The molecule has 0 aliphatic heterocycles. The largest absolute Gasteiger partial charge is 0.409 e. The smallest absolute Gasteiger partial charge is 0.254 e. The van der Waals surface area contributed by atoms with Crippen LogP contribution in [-0.4, -0.2) is 34.4 Å². The lowest BCUT2D eigenvalue weighted by atomic mass is 10.1. The lowest BCUT2D eigenvalue weighted by molar-refractivity contribution is 0.0734. The second kappa shape index (κ2) is 6.77. The fourth-order valence-corrected chi connectivity index (χ4v) is 2.40. The predicted molar refractivity (Wildman–Crippen MR) is 78.7 cm³/mol. The van der Waals surface area contributed by atoms with Crippen molar-refractivity contribution in [2.75, 3.05) is 6.54 Å². The van der Waals surface area contributed by atoms with E-state index in [0.29, 0.717) is 10.6 Å². The van der Waals surface area contributed by atoms with Gasteiger partial charge in [-0.1, -0.05) is 32.7 Å². The average molecular weight is 349 g/mol. The van der Waals surface area contributed by atoms with Gasteiger partial charge < -0.3 is 15.8 Å². The van der Waals surface area contributed by atoms with Crippen molar-refractivity contribution in [3.05, 3.63) is 33.3 Å². The zero-order valence-corrected chi connectivity index (χ0v) is 12.9. The molecule has 7 heteroatoms. The molecule has 0 fully saturated rings. The van der Waals surface area contributed by atoms with Gasteiger partial charge in [0.15, 0.2) is 5.84 Å². The number of halogens is 2. The van der Waals surface area contributed by atoms with Crippen molar-refractivity contribution in [1.82, 2.24) is 4.90 Å². The lowest BCUT2D eigenvalue weighted by Gasteiger charge is -2.26. The Morgan fingerprint density at radius 1 is 1.53 bits per heavy atom. The van der Waals surface area contributed by atoms with E-state index in [1.54, 1.807) is 18.2 Å². The first-order valence-electron chi connectivity index (χ1n) is 5.58. The number of rotatable bonds is 4. The minimum Gasteiger partial charge on any atom is -0.409 e. The van der Waals surface area contributed by atoms with Gasteiger partial charge in [0.2, 0.25) is 0 Å². The van der Waals surface area contributed by atoms with E-state index in [-0.39, 0.29) is 24.3 Å². The second-order valence-corrected chi connectivity index (χ2v) is 5.63. The quantitative estimate of drug-likeness (QED) is 0.380. The van der Waals surface area contributed by atoms with Crippen molar-refractivity contribution in [1.29, 1.82) is 0 Å². The molecule has 1 aromatic carbocycles. The number of carbonyl (C=O) groups is 1. The Balaban J connectivity index is 3.05. The number of nitrogens with two attached hydrogens (primary N) is 1. The summed E-state index contributed by atoms with van der Waals surface area (Å²) in [4.78, 5) is 13.9. The van der Waals surface area contributed by atoms with Crippen molar-refractivity contribution < 1.29 is 10.0 Å². The molecule has 5 nitrogen and oxygen atoms in total. The van der Waals surface area contributed by atoms with Crippen molar-refractivity contribution in [3.63, 3.8) is 0 Å². The maximum atomic E-state index is 12.4. The summed E-state index contributed by atoms with van der Waals surface area (Å²) in [5, 5.41) is 12.0. The molecule has 0 unspecified atom stereocenters. The number of nitrogens with zero attached hydrogens (tertiary/aromatic N) is 2. The van der Waals surface area contributed by atoms with Crippen molar-refractivity contribution in [3.8, 4) is 0 Å². The maximum Gasteiger partial charge on any atom is 0.254 e. The fourth-order valence-electron chi connectivity index (χ4n) is 1.54. The van der Waals surface area contributed by atoms with Gasteiger partial charge in [0.05, 0.1) is 6.54 Å². The van der Waals surface area contributed by atoms with Gasteiger partial charge in [-0.3, -0.25) is 4.79 Å². The molecule has 0 heterocycles. The van der Waals surface area contributed by atoms with Crippen LogP contribution in [0.1, 0.15) is 24.2 Å². The highest BCUT2D eigenvalue weighted by molar-refractivity contribution is 9.10. The number of carbonyl (C=O) groups excluding carboxylic acids is 1. The van der Waals surface area contributed by atoms with Crippen LogP contribution < -0.4 is 5.73 Å². The zero-order chi connectivity index (χ0) is 14.6. The predicted octanol–water partition coefficient (Wildman–Crippen LogP) is 2.70. The Labute approximate surface area is 125 Å². The molecule has 0 aliphatic carbocycles. The third kappa shape index (κ3) is 4.40. The summed E-state index contributed by atoms with van der Waals surface area (Å²) in [5.74, 6) is -0.257. The van der Waals surface area contributed by atoms with Crippen LogP contribution in [0.5, 0.6) is 0 Å². The summed E-state index contributed by atoms with van der Waals surface area (Å²) in [7, 11) is 0. The number of hydrogen-bond donors (Lipinski definition) is 2. The van der Waals surface area contributed by atoms with Gasteiger partial charge in [-0.25, -0.2) is 0 Å². The first-order chi connectivity index (χ1) is 8.85. The molecule has 1 amide bonds. The summed E-state index contributed by atoms with van der Waals surface area (Å²) >= 11 is 9.21. The molecule has 0 aliphatic rings. The van der Waals surface area contributed by atoms with E-state index < -0.39 is 0 Å². The van der Waals surface area contributed by atoms with Gasteiger partial charge in [0.25, 0.3) is 5.91 Å². The molecule has 1 aromatic rings. The van der Waals surface area contributed by atoms with E-state index in [1.807, 2.05) is 13.8 Å². The number of oxime groups is 1. The van der Waals surface area contributed by atoms with E-state index in [0.717, 1.165) is 4.47 Å². The topological polar surface area (TPSA) is 78.9 Å². The van der Waals surface area contributed by atoms with Crippen LogP contribution in [0.4, 0.5) is 0 Å². The Morgan fingerprint density at radius 2 is 2.16 bits per heavy atom. The van der Waals surface area contributed by atoms with Crippen molar-refractivity contribution >= 4 is 39.3 Å². The third-order valence-electron chi connectivity index (χ3n) is 2.45. The molecule has 0 saturated carbocycles. The molecule has 1 rings (SSSR count). The van der Waals surface area contributed by atoms with E-state index in [9.17, 15) is 4.79 Å². The fraction of sp³-hybridized carbons (Fsp3) is 0.333.